The average Bonchev–Trinajstić information content (AvgIpc) is 2.90. The van der Waals surface area contributed by atoms with Crippen molar-refractivity contribution in [3.8, 4) is 5.75 Å². The summed E-state index contributed by atoms with van der Waals surface area (Å²) in [6.45, 7) is 6.03. The molecule has 2 heterocycles. The van der Waals surface area contributed by atoms with E-state index in [1.807, 2.05) is 20.8 Å². The molecular weight excluding hydrogens is 296 g/mol. The molecule has 2 rings (SSSR count). The van der Waals surface area contributed by atoms with Crippen LogP contribution in [-0.4, -0.2) is 21.7 Å². The first-order valence-corrected chi connectivity index (χ1v) is 7.44. The van der Waals surface area contributed by atoms with Gasteiger partial charge in [0.2, 0.25) is 0 Å². The topological polar surface area (TPSA) is 55.2 Å². The van der Waals surface area contributed by atoms with E-state index < -0.39 is 5.60 Å². The third-order valence-corrected chi connectivity index (χ3v) is 4.38. The molecule has 1 N–H and O–H groups in total. The van der Waals surface area contributed by atoms with Crippen LogP contribution in [0.1, 0.15) is 25.6 Å². The Hall–Kier alpha value is -1.17. The quantitative estimate of drug-likeness (QED) is 0.878. The Morgan fingerprint density at radius 2 is 2.05 bits per heavy atom. The van der Waals surface area contributed by atoms with Gasteiger partial charge in [-0.3, -0.25) is 4.98 Å². The Bertz CT molecular complexity index is 552. The summed E-state index contributed by atoms with van der Waals surface area (Å²) in [7, 11) is 0. The Morgan fingerprint density at radius 3 is 2.55 bits per heavy atom. The van der Waals surface area contributed by atoms with Gasteiger partial charge >= 0.3 is 0 Å². The maximum absolute atomic E-state index is 11.0. The van der Waals surface area contributed by atoms with Crippen molar-refractivity contribution in [1.29, 1.82) is 0 Å². The van der Waals surface area contributed by atoms with Gasteiger partial charge in [-0.2, -0.15) is 0 Å². The zero-order chi connectivity index (χ0) is 14.8. The van der Waals surface area contributed by atoms with E-state index in [0.29, 0.717) is 10.9 Å². The largest absolute Gasteiger partial charge is 0.489 e. The number of thiazole rings is 1. The predicted octanol–water partition coefficient (Wildman–Crippen LogP) is 3.50. The molecule has 0 amide bonds. The van der Waals surface area contributed by atoms with E-state index >= 15 is 0 Å². The molecule has 2 aromatic rings. The minimum Gasteiger partial charge on any atom is -0.489 e. The summed E-state index contributed by atoms with van der Waals surface area (Å²) in [5.74, 6) is 0.571. The fraction of sp³-hybridized carbons (Fsp3) is 0.429. The third kappa shape index (κ3) is 3.11. The summed E-state index contributed by atoms with van der Waals surface area (Å²) < 4.78 is 5.68. The average molecular weight is 313 g/mol. The maximum atomic E-state index is 11.0. The molecule has 108 valence electrons. The van der Waals surface area contributed by atoms with E-state index in [4.69, 9.17) is 16.3 Å². The second-order valence-corrected chi connectivity index (χ2v) is 6.85. The van der Waals surface area contributed by atoms with Gasteiger partial charge in [0.05, 0.1) is 16.6 Å². The van der Waals surface area contributed by atoms with Crippen molar-refractivity contribution < 1.29 is 9.84 Å². The van der Waals surface area contributed by atoms with Crippen LogP contribution in [0.15, 0.2) is 30.0 Å². The second kappa shape index (κ2) is 5.68. The monoisotopic (exact) mass is 312 g/mol. The third-order valence-electron chi connectivity index (χ3n) is 3.23. The van der Waals surface area contributed by atoms with Gasteiger partial charge in [-0.05, 0) is 17.5 Å². The van der Waals surface area contributed by atoms with Crippen molar-refractivity contribution in [3.05, 3.63) is 40.1 Å². The van der Waals surface area contributed by atoms with Crippen LogP contribution in [0.4, 0.5) is 0 Å². The van der Waals surface area contributed by atoms with Gasteiger partial charge in [-0.1, -0.05) is 32.4 Å². The number of ether oxygens (including phenoxy) is 1. The molecule has 1 atom stereocenters. The Balaban J connectivity index is 2.20. The highest BCUT2D eigenvalue weighted by Crippen LogP contribution is 2.41. The summed E-state index contributed by atoms with van der Waals surface area (Å²) in [4.78, 5) is 8.78. The number of rotatable bonds is 4. The molecule has 2 aromatic heterocycles. The van der Waals surface area contributed by atoms with Crippen molar-refractivity contribution in [2.75, 3.05) is 6.61 Å². The molecule has 6 heteroatoms. The molecule has 0 saturated carbocycles. The van der Waals surface area contributed by atoms with Crippen molar-refractivity contribution in [2.24, 2.45) is 5.41 Å². The summed E-state index contributed by atoms with van der Waals surface area (Å²) in [6.07, 6.45) is 3.22. The summed E-state index contributed by atoms with van der Waals surface area (Å²) in [5, 5.41) is 11.4. The van der Waals surface area contributed by atoms with Gasteiger partial charge in [0.1, 0.15) is 23.1 Å². The lowest BCUT2D eigenvalue weighted by atomic mass is 9.76. The molecule has 0 fully saturated rings. The normalized spacial score (nSPS) is 14.8. The van der Waals surface area contributed by atoms with Gasteiger partial charge in [0.15, 0.2) is 0 Å². The fourth-order valence-corrected chi connectivity index (χ4v) is 2.74. The van der Waals surface area contributed by atoms with E-state index in [-0.39, 0.29) is 12.0 Å². The van der Waals surface area contributed by atoms with Crippen LogP contribution in [0.3, 0.4) is 0 Å². The summed E-state index contributed by atoms with van der Waals surface area (Å²) in [5.41, 5.74) is 0.197. The number of pyridine rings is 1. The highest BCUT2D eigenvalue weighted by Gasteiger charge is 2.43. The zero-order valence-electron chi connectivity index (χ0n) is 11.6. The fourth-order valence-electron chi connectivity index (χ4n) is 1.71. The molecule has 0 bridgehead atoms. The van der Waals surface area contributed by atoms with Crippen LogP contribution in [0.25, 0.3) is 0 Å². The second-order valence-electron chi connectivity index (χ2n) is 5.58. The van der Waals surface area contributed by atoms with Crippen molar-refractivity contribution in [1.82, 2.24) is 9.97 Å². The molecule has 0 aliphatic carbocycles. The highest BCUT2D eigenvalue weighted by atomic mass is 35.5. The Kier molecular flexibility index (Phi) is 4.32. The van der Waals surface area contributed by atoms with Crippen LogP contribution in [-0.2, 0) is 5.60 Å². The lowest BCUT2D eigenvalue weighted by molar-refractivity contribution is -0.0918. The van der Waals surface area contributed by atoms with Gasteiger partial charge < -0.3 is 9.84 Å². The Morgan fingerprint density at radius 1 is 1.30 bits per heavy atom. The van der Waals surface area contributed by atoms with E-state index in [1.165, 1.54) is 17.5 Å². The highest BCUT2D eigenvalue weighted by molar-refractivity contribution is 7.09. The number of hydrogen-bond acceptors (Lipinski definition) is 5. The molecule has 0 saturated heterocycles. The van der Waals surface area contributed by atoms with Gasteiger partial charge in [-0.15, -0.1) is 11.3 Å². The molecule has 4 nitrogen and oxygen atoms in total. The molecule has 1 unspecified atom stereocenters. The van der Waals surface area contributed by atoms with E-state index in [2.05, 4.69) is 9.97 Å². The van der Waals surface area contributed by atoms with Crippen LogP contribution in [0.2, 0.25) is 5.15 Å². The predicted molar refractivity (Wildman–Crippen MR) is 80.2 cm³/mol. The standard InChI is InChI=1S/C14H17ClN2O2S/c1-13(2,3)14(18,11-7-16-9-20-11)8-19-10-4-5-12(15)17-6-10/h4-7,9,18H,8H2,1-3H3. The van der Waals surface area contributed by atoms with E-state index in [9.17, 15) is 5.11 Å². The van der Waals surface area contributed by atoms with Crippen molar-refractivity contribution in [3.63, 3.8) is 0 Å². The number of nitrogens with zero attached hydrogens (tertiary/aromatic N) is 2. The SMILES string of the molecule is CC(C)(C)C(O)(COc1ccc(Cl)nc1)c1cncs1. The molecule has 0 spiro atoms. The van der Waals surface area contributed by atoms with Crippen LogP contribution >= 0.6 is 22.9 Å². The summed E-state index contributed by atoms with van der Waals surface area (Å²) >= 11 is 7.15. The minimum absolute atomic E-state index is 0.127. The molecule has 0 aliphatic rings. The van der Waals surface area contributed by atoms with Crippen LogP contribution in [0.5, 0.6) is 5.75 Å². The molecule has 0 radical (unpaired) electrons. The molecular formula is C14H17ClN2O2S. The first-order valence-electron chi connectivity index (χ1n) is 6.19. The van der Waals surface area contributed by atoms with Crippen LogP contribution < -0.4 is 4.74 Å². The van der Waals surface area contributed by atoms with Crippen molar-refractivity contribution in [2.45, 2.75) is 26.4 Å². The summed E-state index contributed by atoms with van der Waals surface area (Å²) in [6, 6.07) is 3.38. The van der Waals surface area contributed by atoms with E-state index in [0.717, 1.165) is 4.88 Å². The molecule has 0 aliphatic heterocycles. The first-order chi connectivity index (χ1) is 9.33. The smallest absolute Gasteiger partial charge is 0.139 e. The lowest BCUT2D eigenvalue weighted by Crippen LogP contribution is -2.44. The van der Waals surface area contributed by atoms with E-state index in [1.54, 1.807) is 23.8 Å². The zero-order valence-corrected chi connectivity index (χ0v) is 13.2. The number of halogens is 1. The van der Waals surface area contributed by atoms with Gasteiger partial charge in [-0.25, -0.2) is 4.98 Å². The number of aliphatic hydroxyl groups is 1. The first kappa shape index (κ1) is 15.2. The van der Waals surface area contributed by atoms with Crippen LogP contribution in [0, 0.1) is 5.41 Å². The van der Waals surface area contributed by atoms with Crippen molar-refractivity contribution >= 4 is 22.9 Å². The Labute approximate surface area is 127 Å². The minimum atomic E-state index is -1.12. The number of hydrogen-bond donors (Lipinski definition) is 1. The lowest BCUT2D eigenvalue weighted by Gasteiger charge is -2.38. The number of aromatic nitrogens is 2. The molecule has 20 heavy (non-hydrogen) atoms. The van der Waals surface area contributed by atoms with Gasteiger partial charge in [0, 0.05) is 6.20 Å². The molecule has 0 aromatic carbocycles. The van der Waals surface area contributed by atoms with Gasteiger partial charge in [0.25, 0.3) is 0 Å². The maximum Gasteiger partial charge on any atom is 0.139 e.